The Hall–Kier alpha value is -1.08. The molecule has 0 spiro atoms. The second-order valence-electron chi connectivity index (χ2n) is 3.96. The van der Waals surface area contributed by atoms with Crippen LogP contribution in [0.15, 0.2) is 46.8 Å². The average molecular weight is 387 g/mol. The van der Waals surface area contributed by atoms with E-state index in [1.54, 1.807) is 11.3 Å². The summed E-state index contributed by atoms with van der Waals surface area (Å²) in [6.45, 7) is 2.76. The molecular weight excluding hydrogens is 369 g/mol. The summed E-state index contributed by atoms with van der Waals surface area (Å²) in [5.41, 5.74) is 8.13. The van der Waals surface area contributed by atoms with Gasteiger partial charge in [0.2, 0.25) is 0 Å². The van der Waals surface area contributed by atoms with Gasteiger partial charge in [0.15, 0.2) is 5.96 Å². The van der Waals surface area contributed by atoms with Gasteiger partial charge in [0.1, 0.15) is 0 Å². The Labute approximate surface area is 135 Å². The van der Waals surface area contributed by atoms with E-state index in [1.165, 1.54) is 10.4 Å². The number of hydrogen-bond donors (Lipinski definition) is 2. The van der Waals surface area contributed by atoms with Crippen LogP contribution in [0.3, 0.4) is 0 Å². The second-order valence-corrected chi connectivity index (χ2v) is 4.99. The molecule has 1 heterocycles. The van der Waals surface area contributed by atoms with E-state index in [9.17, 15) is 0 Å². The zero-order valence-corrected chi connectivity index (χ0v) is 13.9. The van der Waals surface area contributed by atoms with Crippen molar-refractivity contribution in [3.8, 4) is 0 Å². The number of aliphatic imine (C=N–C) groups is 1. The van der Waals surface area contributed by atoms with Gasteiger partial charge < -0.3 is 11.1 Å². The number of nitrogens with two attached hydrogens (primary N) is 1. The fourth-order valence-corrected chi connectivity index (χ4v) is 2.25. The number of guanidine groups is 1. The summed E-state index contributed by atoms with van der Waals surface area (Å²) < 4.78 is 0. The largest absolute Gasteiger partial charge is 0.370 e. The molecule has 0 bridgehead atoms. The first-order valence-electron chi connectivity index (χ1n) is 5.96. The Morgan fingerprint density at radius 2 is 2.16 bits per heavy atom. The fraction of sp³-hybridized carbons (Fsp3) is 0.214. The minimum Gasteiger partial charge on any atom is -0.370 e. The maximum atomic E-state index is 5.86. The van der Waals surface area contributed by atoms with Crippen LogP contribution in [-0.4, -0.2) is 5.96 Å². The zero-order chi connectivity index (χ0) is 12.8. The molecule has 3 nitrogen and oxygen atoms in total. The first-order chi connectivity index (χ1) is 8.78. The molecule has 0 aliphatic heterocycles. The summed E-state index contributed by atoms with van der Waals surface area (Å²) in [7, 11) is 0. The number of halogens is 1. The van der Waals surface area contributed by atoms with Crippen LogP contribution in [0.1, 0.15) is 17.4 Å². The molecule has 3 N–H and O–H groups in total. The smallest absolute Gasteiger partial charge is 0.193 e. The minimum absolute atomic E-state index is 0. The Morgan fingerprint density at radius 1 is 1.32 bits per heavy atom. The highest BCUT2D eigenvalue weighted by molar-refractivity contribution is 14.0. The van der Waals surface area contributed by atoms with Crippen LogP contribution in [0.5, 0.6) is 0 Å². The third kappa shape index (κ3) is 5.20. The van der Waals surface area contributed by atoms with Gasteiger partial charge in [0, 0.05) is 10.6 Å². The number of hydrogen-bond acceptors (Lipinski definition) is 2. The highest BCUT2D eigenvalue weighted by Gasteiger charge is 1.97. The predicted molar refractivity (Wildman–Crippen MR) is 94.5 cm³/mol. The fourth-order valence-electron chi connectivity index (χ4n) is 1.62. The molecule has 0 atom stereocenters. The molecule has 102 valence electrons. The first kappa shape index (κ1) is 16.0. The Morgan fingerprint density at radius 3 is 2.84 bits per heavy atom. The third-order valence-corrected chi connectivity index (χ3v) is 3.45. The first-order valence-corrected chi connectivity index (χ1v) is 6.84. The molecule has 0 radical (unpaired) electrons. The quantitative estimate of drug-likeness (QED) is 0.476. The van der Waals surface area contributed by atoms with E-state index in [-0.39, 0.29) is 24.0 Å². The number of aryl methyl sites for hydroxylation is 1. The number of nitrogens with zero attached hydrogens (tertiary/aromatic N) is 1. The second kappa shape index (κ2) is 8.16. The van der Waals surface area contributed by atoms with Crippen molar-refractivity contribution < 1.29 is 0 Å². The highest BCUT2D eigenvalue weighted by atomic mass is 127. The summed E-state index contributed by atoms with van der Waals surface area (Å²) in [6.07, 6.45) is 1.02. The van der Waals surface area contributed by atoms with Crippen LogP contribution in [0, 0.1) is 0 Å². The molecule has 5 heteroatoms. The van der Waals surface area contributed by atoms with Gasteiger partial charge in [-0.25, -0.2) is 4.99 Å². The molecule has 0 saturated heterocycles. The van der Waals surface area contributed by atoms with Crippen LogP contribution in [0.2, 0.25) is 0 Å². The average Bonchev–Trinajstić information content (AvgIpc) is 2.90. The van der Waals surface area contributed by atoms with Crippen molar-refractivity contribution in [1.29, 1.82) is 0 Å². The molecule has 0 fully saturated rings. The summed E-state index contributed by atoms with van der Waals surface area (Å²) in [5, 5.41) is 5.15. The van der Waals surface area contributed by atoms with Crippen LogP contribution in [0.4, 0.5) is 5.69 Å². The van der Waals surface area contributed by atoms with Crippen molar-refractivity contribution in [2.45, 2.75) is 19.9 Å². The van der Waals surface area contributed by atoms with Gasteiger partial charge in [0.05, 0.1) is 6.54 Å². The van der Waals surface area contributed by atoms with Gasteiger partial charge in [-0.2, -0.15) is 0 Å². The molecule has 2 rings (SSSR count). The van der Waals surface area contributed by atoms with E-state index < -0.39 is 0 Å². The lowest BCUT2D eigenvalue weighted by Crippen LogP contribution is -2.22. The molecule has 1 aromatic carbocycles. The van der Waals surface area contributed by atoms with Crippen molar-refractivity contribution in [3.05, 3.63) is 52.2 Å². The zero-order valence-electron chi connectivity index (χ0n) is 10.8. The van der Waals surface area contributed by atoms with Crippen LogP contribution in [-0.2, 0) is 13.0 Å². The Kier molecular flexibility index (Phi) is 6.86. The topological polar surface area (TPSA) is 50.4 Å². The lowest BCUT2D eigenvalue weighted by molar-refractivity contribution is 1.09. The van der Waals surface area contributed by atoms with E-state index in [2.05, 4.69) is 35.4 Å². The van der Waals surface area contributed by atoms with E-state index >= 15 is 0 Å². The van der Waals surface area contributed by atoms with Gasteiger partial charge in [-0.05, 0) is 35.6 Å². The van der Waals surface area contributed by atoms with E-state index in [0.717, 1.165) is 12.1 Å². The number of thiophene rings is 1. The molecule has 1 aromatic heterocycles. The van der Waals surface area contributed by atoms with Crippen molar-refractivity contribution >= 4 is 47.0 Å². The summed E-state index contributed by atoms with van der Waals surface area (Å²) in [6, 6.07) is 12.3. The van der Waals surface area contributed by atoms with E-state index in [1.807, 2.05) is 23.6 Å². The SMILES string of the molecule is CCc1cccc(NC(N)=NCc2cccs2)c1.I. The highest BCUT2D eigenvalue weighted by Crippen LogP contribution is 2.12. The molecule has 0 aliphatic carbocycles. The number of rotatable bonds is 4. The van der Waals surface area contributed by atoms with Crippen LogP contribution < -0.4 is 11.1 Å². The normalized spacial score (nSPS) is 10.9. The molecule has 0 unspecified atom stereocenters. The van der Waals surface area contributed by atoms with Gasteiger partial charge in [-0.3, -0.25) is 0 Å². The lowest BCUT2D eigenvalue weighted by Gasteiger charge is -2.06. The summed E-state index contributed by atoms with van der Waals surface area (Å²) >= 11 is 1.69. The molecule has 0 aliphatic rings. The van der Waals surface area contributed by atoms with Gasteiger partial charge in [-0.15, -0.1) is 35.3 Å². The van der Waals surface area contributed by atoms with E-state index in [4.69, 9.17) is 5.73 Å². The maximum absolute atomic E-state index is 5.86. The molecular formula is C14H18IN3S. The predicted octanol–water partition coefficient (Wildman–Crippen LogP) is 3.86. The van der Waals surface area contributed by atoms with Crippen molar-refractivity contribution in [2.75, 3.05) is 5.32 Å². The van der Waals surface area contributed by atoms with Gasteiger partial charge >= 0.3 is 0 Å². The summed E-state index contributed by atoms with van der Waals surface area (Å²) in [4.78, 5) is 5.52. The van der Waals surface area contributed by atoms with Gasteiger partial charge in [-0.1, -0.05) is 25.1 Å². The standard InChI is InChI=1S/C14H17N3S.HI/c1-2-11-5-3-6-12(9-11)17-14(15)16-10-13-7-4-8-18-13;/h3-9H,2,10H2,1H3,(H3,15,16,17);1H. The molecule has 2 aromatic rings. The van der Waals surface area contributed by atoms with E-state index in [0.29, 0.717) is 12.5 Å². The number of nitrogens with one attached hydrogen (secondary N) is 1. The summed E-state index contributed by atoms with van der Waals surface area (Å²) in [5.74, 6) is 0.455. The van der Waals surface area contributed by atoms with Crippen molar-refractivity contribution in [2.24, 2.45) is 10.7 Å². The van der Waals surface area contributed by atoms with Crippen molar-refractivity contribution in [1.82, 2.24) is 0 Å². The monoisotopic (exact) mass is 387 g/mol. The van der Waals surface area contributed by atoms with Crippen LogP contribution in [0.25, 0.3) is 0 Å². The third-order valence-electron chi connectivity index (χ3n) is 2.59. The molecule has 0 saturated carbocycles. The number of benzene rings is 1. The Balaban J connectivity index is 0.00000180. The minimum atomic E-state index is 0. The number of anilines is 1. The molecule has 0 amide bonds. The van der Waals surface area contributed by atoms with Gasteiger partial charge in [0.25, 0.3) is 0 Å². The maximum Gasteiger partial charge on any atom is 0.193 e. The van der Waals surface area contributed by atoms with Crippen LogP contribution >= 0.6 is 35.3 Å². The Bertz CT molecular complexity index is 523. The van der Waals surface area contributed by atoms with Crippen molar-refractivity contribution in [3.63, 3.8) is 0 Å². The molecule has 19 heavy (non-hydrogen) atoms. The lowest BCUT2D eigenvalue weighted by atomic mass is 10.1.